The molecule has 0 aliphatic rings. The molecule has 0 saturated heterocycles. The smallest absolute Gasteiger partial charge is 0.248 e. The molecule has 1 unspecified atom stereocenters. The first kappa shape index (κ1) is 16.9. The third-order valence-corrected chi connectivity index (χ3v) is 4.36. The fourth-order valence-electron chi connectivity index (χ4n) is 2.10. The van der Waals surface area contributed by atoms with Crippen molar-refractivity contribution >= 4 is 34.8 Å². The van der Waals surface area contributed by atoms with Crippen LogP contribution in [-0.4, -0.2) is 10.8 Å². The Morgan fingerprint density at radius 3 is 2.23 bits per heavy atom. The molecule has 0 saturated carbocycles. The number of benzene rings is 2. The number of carbonyl (C=O) groups excluding carboxylic acids is 1. The summed E-state index contributed by atoms with van der Waals surface area (Å²) in [5.41, 5.74) is 1.84. The van der Waals surface area contributed by atoms with E-state index in [-0.39, 0.29) is 5.91 Å². The molecule has 116 valence electrons. The van der Waals surface area contributed by atoms with E-state index < -0.39 is 4.87 Å². The van der Waals surface area contributed by atoms with Gasteiger partial charge < -0.3 is 4.90 Å². The lowest BCUT2D eigenvalue weighted by atomic mass is 10.0. The van der Waals surface area contributed by atoms with Crippen molar-refractivity contribution in [3.63, 3.8) is 0 Å². The van der Waals surface area contributed by atoms with Crippen molar-refractivity contribution < 1.29 is 4.79 Å². The Kier molecular flexibility index (Phi) is 5.49. The fraction of sp³-hybridized carbons (Fsp3) is 0.278. The highest BCUT2D eigenvalue weighted by molar-refractivity contribution is 6.36. The molecule has 2 aromatic rings. The van der Waals surface area contributed by atoms with Crippen LogP contribution in [0.15, 0.2) is 54.6 Å². The average Bonchev–Trinajstić information content (AvgIpc) is 2.54. The third-order valence-electron chi connectivity index (χ3n) is 3.68. The number of hydrogen-bond acceptors (Lipinski definition) is 1. The van der Waals surface area contributed by atoms with Crippen LogP contribution in [0.3, 0.4) is 0 Å². The van der Waals surface area contributed by atoms with Gasteiger partial charge >= 0.3 is 0 Å². The molecule has 1 atom stereocenters. The maximum atomic E-state index is 12.8. The first-order valence-electron chi connectivity index (χ1n) is 7.24. The number of hydrogen-bond donors (Lipinski definition) is 0. The molecule has 0 bridgehead atoms. The minimum absolute atomic E-state index is 0.108. The molecule has 0 aromatic heterocycles. The van der Waals surface area contributed by atoms with Crippen LogP contribution in [0.1, 0.15) is 25.8 Å². The first-order valence-corrected chi connectivity index (χ1v) is 8.00. The second-order valence-corrected chi connectivity index (χ2v) is 6.67. The van der Waals surface area contributed by atoms with Crippen molar-refractivity contribution in [1.29, 1.82) is 0 Å². The van der Waals surface area contributed by atoms with E-state index in [1.807, 2.05) is 49.4 Å². The van der Waals surface area contributed by atoms with Crippen LogP contribution in [0.25, 0.3) is 0 Å². The lowest BCUT2D eigenvalue weighted by Crippen LogP contribution is -2.43. The summed E-state index contributed by atoms with van der Waals surface area (Å²) in [5, 5.41) is 0.639. The van der Waals surface area contributed by atoms with Gasteiger partial charge in [0.15, 0.2) is 0 Å². The zero-order chi connectivity index (χ0) is 16.2. The fourth-order valence-corrected chi connectivity index (χ4v) is 2.33. The average molecular weight is 336 g/mol. The van der Waals surface area contributed by atoms with Gasteiger partial charge in [0.1, 0.15) is 4.87 Å². The summed E-state index contributed by atoms with van der Waals surface area (Å²) >= 11 is 12.3. The molecular formula is C18H19Cl2NO. The summed E-state index contributed by atoms with van der Waals surface area (Å²) in [7, 11) is 0. The number of carbonyl (C=O) groups is 1. The van der Waals surface area contributed by atoms with E-state index in [2.05, 4.69) is 0 Å². The zero-order valence-electron chi connectivity index (χ0n) is 12.7. The van der Waals surface area contributed by atoms with E-state index in [9.17, 15) is 4.79 Å². The number of nitrogens with zero attached hydrogens (tertiary/aromatic N) is 1. The highest BCUT2D eigenvalue weighted by atomic mass is 35.5. The van der Waals surface area contributed by atoms with Crippen LogP contribution in [0.5, 0.6) is 0 Å². The maximum Gasteiger partial charge on any atom is 0.248 e. The predicted octanol–water partition coefficient (Wildman–Crippen LogP) is 5.28. The standard InChI is InChI=1S/C18H19Cl2NO/c1-3-18(2,20)17(22)21(13-14-7-5-4-6-8-14)16-11-9-15(19)10-12-16/h4-12H,3,13H2,1-2H3. The Morgan fingerprint density at radius 2 is 1.68 bits per heavy atom. The van der Waals surface area contributed by atoms with E-state index in [0.717, 1.165) is 11.3 Å². The Labute approximate surface area is 141 Å². The largest absolute Gasteiger partial charge is 0.306 e. The molecular weight excluding hydrogens is 317 g/mol. The Bertz CT molecular complexity index is 623. The first-order chi connectivity index (χ1) is 10.4. The highest BCUT2D eigenvalue weighted by Gasteiger charge is 2.33. The van der Waals surface area contributed by atoms with Gasteiger partial charge in [0.25, 0.3) is 0 Å². The van der Waals surface area contributed by atoms with Crippen molar-refractivity contribution in [2.45, 2.75) is 31.7 Å². The monoisotopic (exact) mass is 335 g/mol. The second-order valence-electron chi connectivity index (χ2n) is 5.40. The molecule has 22 heavy (non-hydrogen) atoms. The Balaban J connectivity index is 2.36. The molecule has 4 heteroatoms. The summed E-state index contributed by atoms with van der Waals surface area (Å²) in [6.45, 7) is 4.14. The SMILES string of the molecule is CCC(C)(Cl)C(=O)N(Cc1ccccc1)c1ccc(Cl)cc1. The molecule has 0 fully saturated rings. The number of alkyl halides is 1. The molecule has 0 radical (unpaired) electrons. The number of amides is 1. The van der Waals surface area contributed by atoms with Crippen LogP contribution in [0.2, 0.25) is 5.02 Å². The van der Waals surface area contributed by atoms with Gasteiger partial charge in [-0.2, -0.15) is 0 Å². The van der Waals surface area contributed by atoms with E-state index in [1.54, 1.807) is 24.0 Å². The molecule has 1 amide bonds. The predicted molar refractivity (Wildman–Crippen MR) is 93.6 cm³/mol. The van der Waals surface area contributed by atoms with Crippen molar-refractivity contribution in [1.82, 2.24) is 0 Å². The quantitative estimate of drug-likeness (QED) is 0.680. The molecule has 2 nitrogen and oxygen atoms in total. The van der Waals surface area contributed by atoms with Crippen LogP contribution in [-0.2, 0) is 11.3 Å². The molecule has 0 spiro atoms. The van der Waals surface area contributed by atoms with E-state index in [0.29, 0.717) is 18.0 Å². The van der Waals surface area contributed by atoms with Crippen LogP contribution >= 0.6 is 23.2 Å². The Morgan fingerprint density at radius 1 is 1.09 bits per heavy atom. The van der Waals surface area contributed by atoms with Gasteiger partial charge in [-0.05, 0) is 43.2 Å². The van der Waals surface area contributed by atoms with Gasteiger partial charge in [0.05, 0.1) is 6.54 Å². The zero-order valence-corrected chi connectivity index (χ0v) is 14.2. The summed E-state index contributed by atoms with van der Waals surface area (Å²) in [6.07, 6.45) is 0.562. The van der Waals surface area contributed by atoms with E-state index >= 15 is 0 Å². The lowest BCUT2D eigenvalue weighted by molar-refractivity contribution is -0.121. The van der Waals surface area contributed by atoms with Crippen molar-refractivity contribution in [2.75, 3.05) is 4.90 Å². The van der Waals surface area contributed by atoms with Gasteiger partial charge in [-0.3, -0.25) is 4.79 Å². The summed E-state index contributed by atoms with van der Waals surface area (Å²) in [5.74, 6) is -0.108. The number of rotatable bonds is 5. The number of anilines is 1. The van der Waals surface area contributed by atoms with Crippen molar-refractivity contribution in [3.05, 3.63) is 65.2 Å². The molecule has 0 N–H and O–H groups in total. The topological polar surface area (TPSA) is 20.3 Å². The molecule has 2 aromatic carbocycles. The second kappa shape index (κ2) is 7.17. The Hall–Kier alpha value is -1.51. The van der Waals surface area contributed by atoms with Crippen LogP contribution < -0.4 is 4.90 Å². The minimum Gasteiger partial charge on any atom is -0.306 e. The van der Waals surface area contributed by atoms with Gasteiger partial charge in [-0.25, -0.2) is 0 Å². The van der Waals surface area contributed by atoms with Crippen molar-refractivity contribution in [2.24, 2.45) is 0 Å². The summed E-state index contributed by atoms with van der Waals surface area (Å²) in [4.78, 5) is 13.6. The molecule has 0 heterocycles. The van der Waals surface area contributed by atoms with Gasteiger partial charge in [0, 0.05) is 10.7 Å². The molecule has 0 aliphatic heterocycles. The van der Waals surface area contributed by atoms with Gasteiger partial charge in [-0.1, -0.05) is 48.9 Å². The van der Waals surface area contributed by atoms with Crippen molar-refractivity contribution in [3.8, 4) is 0 Å². The maximum absolute atomic E-state index is 12.8. The summed E-state index contributed by atoms with van der Waals surface area (Å²) < 4.78 is 0. The third kappa shape index (κ3) is 4.02. The lowest BCUT2D eigenvalue weighted by Gasteiger charge is -2.30. The molecule has 2 rings (SSSR count). The van der Waals surface area contributed by atoms with E-state index in [1.165, 1.54) is 0 Å². The normalized spacial score (nSPS) is 13.5. The highest BCUT2D eigenvalue weighted by Crippen LogP contribution is 2.28. The van der Waals surface area contributed by atoms with Gasteiger partial charge in [-0.15, -0.1) is 11.6 Å². The van der Waals surface area contributed by atoms with Crippen LogP contribution in [0.4, 0.5) is 5.69 Å². The van der Waals surface area contributed by atoms with Crippen LogP contribution in [0, 0.1) is 0 Å². The van der Waals surface area contributed by atoms with E-state index in [4.69, 9.17) is 23.2 Å². The summed E-state index contributed by atoms with van der Waals surface area (Å²) in [6, 6.07) is 17.1. The van der Waals surface area contributed by atoms with Gasteiger partial charge in [0.2, 0.25) is 5.91 Å². The minimum atomic E-state index is -0.922. The molecule has 0 aliphatic carbocycles. The number of halogens is 2.